The molecule has 1 amide bonds. The van der Waals surface area contributed by atoms with E-state index in [1.54, 1.807) is 12.1 Å². The summed E-state index contributed by atoms with van der Waals surface area (Å²) in [6, 6.07) is 4.58. The van der Waals surface area contributed by atoms with Crippen molar-refractivity contribution in [1.29, 1.82) is 0 Å². The fraction of sp³-hybridized carbons (Fsp3) is 0.500. The first kappa shape index (κ1) is 16.0. The molecule has 21 heavy (non-hydrogen) atoms. The Balaban J connectivity index is 2.23. The lowest BCUT2D eigenvalue weighted by molar-refractivity contribution is -0.113. The zero-order chi connectivity index (χ0) is 15.6. The average molecular weight is 320 g/mol. The van der Waals surface area contributed by atoms with E-state index >= 15 is 0 Å². The lowest BCUT2D eigenvalue weighted by atomic mass is 9.93. The minimum absolute atomic E-state index is 0.0714. The second-order valence-corrected chi connectivity index (χ2v) is 5.42. The van der Waals surface area contributed by atoms with Crippen molar-refractivity contribution in [3.63, 3.8) is 0 Å². The number of alkyl halides is 2. The number of hydrogen-bond acceptors (Lipinski definition) is 3. The summed E-state index contributed by atoms with van der Waals surface area (Å²) in [4.78, 5) is 13.8. The quantitative estimate of drug-likeness (QED) is 0.931. The predicted molar refractivity (Wildman–Crippen MR) is 74.0 cm³/mol. The predicted octanol–water partition coefficient (Wildman–Crippen LogP) is 2.44. The smallest absolute Gasteiger partial charge is 0.257 e. The van der Waals surface area contributed by atoms with Gasteiger partial charge in [0.25, 0.3) is 11.8 Å². The fourth-order valence-electron chi connectivity index (χ4n) is 2.37. The number of ether oxygens (including phenoxy) is 1. The van der Waals surface area contributed by atoms with Crippen molar-refractivity contribution in [3.05, 3.63) is 28.8 Å². The van der Waals surface area contributed by atoms with E-state index in [1.807, 2.05) is 0 Å². The number of rotatable bonds is 3. The summed E-state index contributed by atoms with van der Waals surface area (Å²) in [5.41, 5.74) is 0.229. The van der Waals surface area contributed by atoms with Gasteiger partial charge in [-0.3, -0.25) is 4.79 Å². The van der Waals surface area contributed by atoms with Crippen LogP contribution in [0.2, 0.25) is 5.02 Å². The number of aliphatic hydroxyl groups is 1. The number of benzene rings is 1. The number of nitrogens with zero attached hydrogens (tertiary/aromatic N) is 1. The highest BCUT2D eigenvalue weighted by Gasteiger charge is 2.45. The molecule has 1 atom stereocenters. The molecule has 1 fully saturated rings. The molecule has 1 unspecified atom stereocenters. The highest BCUT2D eigenvalue weighted by Crippen LogP contribution is 2.34. The van der Waals surface area contributed by atoms with Gasteiger partial charge in [-0.1, -0.05) is 11.6 Å². The summed E-state index contributed by atoms with van der Waals surface area (Å²) in [5, 5.41) is 9.44. The summed E-state index contributed by atoms with van der Waals surface area (Å²) >= 11 is 5.87. The summed E-state index contributed by atoms with van der Waals surface area (Å²) in [6.07, 6.45) is -0.465. The van der Waals surface area contributed by atoms with Crippen molar-refractivity contribution in [3.8, 4) is 5.75 Å². The fourth-order valence-corrected chi connectivity index (χ4v) is 2.54. The average Bonchev–Trinajstić information content (AvgIpc) is 2.46. The van der Waals surface area contributed by atoms with Crippen molar-refractivity contribution in [2.75, 3.05) is 26.8 Å². The highest BCUT2D eigenvalue weighted by atomic mass is 35.5. The van der Waals surface area contributed by atoms with E-state index in [4.69, 9.17) is 21.4 Å². The minimum Gasteiger partial charge on any atom is -0.496 e. The van der Waals surface area contributed by atoms with Crippen LogP contribution >= 0.6 is 11.6 Å². The molecule has 0 aliphatic carbocycles. The molecule has 0 bridgehead atoms. The van der Waals surface area contributed by atoms with Crippen molar-refractivity contribution < 1.29 is 23.4 Å². The normalized spacial score (nSPS) is 21.2. The van der Waals surface area contributed by atoms with E-state index in [-0.39, 0.29) is 18.7 Å². The van der Waals surface area contributed by atoms with Gasteiger partial charge in [-0.15, -0.1) is 0 Å². The third-order valence-corrected chi connectivity index (χ3v) is 3.89. The molecule has 0 radical (unpaired) electrons. The largest absolute Gasteiger partial charge is 0.496 e. The molecule has 1 aliphatic heterocycles. The van der Waals surface area contributed by atoms with Crippen LogP contribution in [0, 0.1) is 5.92 Å². The molecule has 1 aliphatic rings. The molecule has 0 spiro atoms. The zero-order valence-corrected chi connectivity index (χ0v) is 12.2. The van der Waals surface area contributed by atoms with Crippen LogP contribution < -0.4 is 4.74 Å². The third kappa shape index (κ3) is 3.27. The van der Waals surface area contributed by atoms with Gasteiger partial charge < -0.3 is 14.7 Å². The van der Waals surface area contributed by atoms with Crippen LogP contribution in [0.3, 0.4) is 0 Å². The lowest BCUT2D eigenvalue weighted by Crippen LogP contribution is -2.50. The van der Waals surface area contributed by atoms with Gasteiger partial charge in [0.15, 0.2) is 0 Å². The van der Waals surface area contributed by atoms with E-state index < -0.39 is 30.8 Å². The maximum absolute atomic E-state index is 13.6. The Morgan fingerprint density at radius 1 is 1.57 bits per heavy atom. The van der Waals surface area contributed by atoms with Crippen LogP contribution in [0.25, 0.3) is 0 Å². The van der Waals surface area contributed by atoms with E-state index in [2.05, 4.69) is 0 Å². The molecule has 4 nitrogen and oxygen atoms in total. The number of methoxy groups -OCH3 is 1. The Labute approximate surface area is 126 Å². The van der Waals surface area contributed by atoms with Crippen molar-refractivity contribution in [2.45, 2.75) is 12.3 Å². The van der Waals surface area contributed by atoms with Crippen LogP contribution in [0.15, 0.2) is 18.2 Å². The van der Waals surface area contributed by atoms with Crippen molar-refractivity contribution in [1.82, 2.24) is 4.90 Å². The lowest BCUT2D eigenvalue weighted by Gasteiger charge is -2.37. The highest BCUT2D eigenvalue weighted by molar-refractivity contribution is 6.31. The molecule has 1 saturated heterocycles. The summed E-state index contributed by atoms with van der Waals surface area (Å²) in [5.74, 6) is -4.30. The number of likely N-dealkylation sites (tertiary alicyclic amines) is 1. The third-order valence-electron chi connectivity index (χ3n) is 3.65. The van der Waals surface area contributed by atoms with Crippen LogP contribution in [0.5, 0.6) is 5.75 Å². The van der Waals surface area contributed by atoms with E-state index in [0.717, 1.165) is 0 Å². The standard InChI is InChI=1S/C14H16ClF2NO3/c1-21-12-3-2-10(15)6-11(12)13(20)18-5-4-14(16,17)9(7-18)8-19/h2-3,6,9,19H,4-5,7-8H2,1H3. The Morgan fingerprint density at radius 3 is 2.90 bits per heavy atom. The van der Waals surface area contributed by atoms with Crippen LogP contribution in [-0.4, -0.2) is 48.6 Å². The molecule has 2 rings (SSSR count). The molecular weight excluding hydrogens is 304 g/mol. The second kappa shape index (κ2) is 6.15. The molecule has 0 saturated carbocycles. The number of aliphatic hydroxyl groups excluding tert-OH is 1. The van der Waals surface area contributed by atoms with E-state index in [1.165, 1.54) is 18.1 Å². The van der Waals surface area contributed by atoms with Crippen molar-refractivity contribution in [2.24, 2.45) is 5.92 Å². The first-order valence-corrected chi connectivity index (χ1v) is 6.88. The molecule has 0 aromatic heterocycles. The first-order chi connectivity index (χ1) is 9.89. The Hall–Kier alpha value is -1.40. The van der Waals surface area contributed by atoms with E-state index in [0.29, 0.717) is 10.8 Å². The Kier molecular flexibility index (Phi) is 4.68. The molecule has 7 heteroatoms. The Bertz CT molecular complexity index is 539. The van der Waals surface area contributed by atoms with Gasteiger partial charge in [-0.2, -0.15) is 0 Å². The van der Waals surface area contributed by atoms with Gasteiger partial charge in [-0.05, 0) is 18.2 Å². The second-order valence-electron chi connectivity index (χ2n) is 4.99. The number of amides is 1. The van der Waals surface area contributed by atoms with Gasteiger partial charge in [0.2, 0.25) is 0 Å². The van der Waals surface area contributed by atoms with Gasteiger partial charge >= 0.3 is 0 Å². The molecule has 1 heterocycles. The van der Waals surface area contributed by atoms with Gasteiger partial charge in [0.05, 0.1) is 25.2 Å². The summed E-state index contributed by atoms with van der Waals surface area (Å²) < 4.78 is 32.3. The van der Waals surface area contributed by atoms with Crippen molar-refractivity contribution >= 4 is 17.5 Å². The molecule has 116 valence electrons. The van der Waals surface area contributed by atoms with E-state index in [9.17, 15) is 13.6 Å². The summed E-state index contributed by atoms with van der Waals surface area (Å²) in [7, 11) is 1.42. The van der Waals surface area contributed by atoms with Gasteiger partial charge in [0.1, 0.15) is 5.75 Å². The number of piperidine rings is 1. The topological polar surface area (TPSA) is 49.8 Å². The zero-order valence-electron chi connectivity index (χ0n) is 11.5. The molecule has 1 aromatic rings. The maximum Gasteiger partial charge on any atom is 0.257 e. The van der Waals surface area contributed by atoms with Crippen LogP contribution in [-0.2, 0) is 0 Å². The Morgan fingerprint density at radius 2 is 2.29 bits per heavy atom. The number of hydrogen-bond donors (Lipinski definition) is 1. The first-order valence-electron chi connectivity index (χ1n) is 6.50. The number of halogens is 3. The van der Waals surface area contributed by atoms with Gasteiger partial charge in [0, 0.05) is 24.5 Å². The number of carbonyl (C=O) groups excluding carboxylic acids is 1. The van der Waals surface area contributed by atoms with Crippen LogP contribution in [0.1, 0.15) is 16.8 Å². The minimum atomic E-state index is -2.95. The SMILES string of the molecule is COc1ccc(Cl)cc1C(=O)N1CCC(F)(F)C(CO)C1. The van der Waals surface area contributed by atoms with Crippen LogP contribution in [0.4, 0.5) is 8.78 Å². The molecule has 1 aromatic carbocycles. The maximum atomic E-state index is 13.6. The number of carbonyl (C=O) groups is 1. The molecule has 1 N–H and O–H groups in total. The monoisotopic (exact) mass is 319 g/mol. The summed E-state index contributed by atoms with van der Waals surface area (Å²) in [6.45, 7) is -0.931. The molecular formula is C14H16ClF2NO3. The van der Waals surface area contributed by atoms with Gasteiger partial charge in [-0.25, -0.2) is 8.78 Å².